The zero-order valence-electron chi connectivity index (χ0n) is 14.6. The summed E-state index contributed by atoms with van der Waals surface area (Å²) in [4.78, 5) is 68.2. The van der Waals surface area contributed by atoms with Crippen molar-refractivity contribution in [1.29, 1.82) is 0 Å². The number of nitrogens with one attached hydrogen (secondary N) is 3. The fraction of sp³-hybridized carbons (Fsp3) is 0.571. The van der Waals surface area contributed by atoms with E-state index in [1.54, 1.807) is 0 Å². The predicted octanol–water partition coefficient (Wildman–Crippen LogP) is -3.16. The molecule has 0 aromatic heterocycles. The van der Waals surface area contributed by atoms with Crippen LogP contribution in [-0.2, 0) is 28.8 Å². The van der Waals surface area contributed by atoms with E-state index in [-0.39, 0.29) is 0 Å². The Labute approximate surface area is 153 Å². The molecule has 0 aliphatic heterocycles. The van der Waals surface area contributed by atoms with Gasteiger partial charge in [0, 0.05) is 0 Å². The highest BCUT2D eigenvalue weighted by molar-refractivity contribution is 5.95. The Balaban J connectivity index is 5.14. The molecular formula is C14H22N4O9. The molecule has 0 spiro atoms. The molecule has 152 valence electrons. The van der Waals surface area contributed by atoms with E-state index in [1.807, 2.05) is 5.32 Å². The smallest absolute Gasteiger partial charge is 0.326 e. The number of rotatable bonds is 11. The lowest BCUT2D eigenvalue weighted by atomic mass is 10.1. The number of carbonyl (C=O) groups is 6. The van der Waals surface area contributed by atoms with E-state index in [4.69, 9.17) is 21.1 Å². The van der Waals surface area contributed by atoms with Crippen LogP contribution in [-0.4, -0.2) is 75.1 Å². The molecular weight excluding hydrogens is 368 g/mol. The van der Waals surface area contributed by atoms with E-state index in [1.165, 1.54) is 13.8 Å². The van der Waals surface area contributed by atoms with Gasteiger partial charge >= 0.3 is 17.9 Å². The highest BCUT2D eigenvalue weighted by Gasteiger charge is 2.30. The molecule has 4 atom stereocenters. The third-order valence-corrected chi connectivity index (χ3v) is 3.17. The van der Waals surface area contributed by atoms with E-state index in [2.05, 4.69) is 10.6 Å². The lowest BCUT2D eigenvalue weighted by molar-refractivity contribution is -0.148. The Kier molecular flexibility index (Phi) is 9.42. The third kappa shape index (κ3) is 9.15. The molecule has 0 saturated carbocycles. The summed E-state index contributed by atoms with van der Waals surface area (Å²) in [5.41, 5.74) is 5.33. The summed E-state index contributed by atoms with van der Waals surface area (Å²) in [6.45, 7) is 2.63. The second-order valence-electron chi connectivity index (χ2n) is 5.68. The van der Waals surface area contributed by atoms with Crippen molar-refractivity contribution in [3.63, 3.8) is 0 Å². The first kappa shape index (κ1) is 23.8. The summed E-state index contributed by atoms with van der Waals surface area (Å²) in [5, 5.41) is 32.6. The number of hydrogen-bond donors (Lipinski definition) is 7. The Hall–Kier alpha value is -3.22. The molecule has 0 aromatic carbocycles. The molecule has 3 amide bonds. The van der Waals surface area contributed by atoms with Gasteiger partial charge in [-0.2, -0.15) is 0 Å². The topological polar surface area (TPSA) is 225 Å². The standard InChI is InChI=1S/C14H22N4O9/c1-5(15)11(23)16-6(2)12(24)17-7(3-9(19)20)13(25)18-8(14(26)27)4-10(21)22/h5-8H,3-4,15H2,1-2H3,(H,16,23)(H,17,24)(H,18,25)(H,19,20)(H,21,22)(H,26,27)/t5-,6-,7-,8-/m0/s1. The highest BCUT2D eigenvalue weighted by Crippen LogP contribution is 1.99. The van der Waals surface area contributed by atoms with Crippen LogP contribution in [0.3, 0.4) is 0 Å². The summed E-state index contributed by atoms with van der Waals surface area (Å²) in [6.07, 6.45) is -1.85. The first-order chi connectivity index (χ1) is 12.3. The van der Waals surface area contributed by atoms with Gasteiger partial charge in [0.1, 0.15) is 18.1 Å². The van der Waals surface area contributed by atoms with E-state index >= 15 is 0 Å². The lowest BCUT2D eigenvalue weighted by Gasteiger charge is -2.22. The molecule has 0 aliphatic carbocycles. The van der Waals surface area contributed by atoms with E-state index in [9.17, 15) is 28.8 Å². The van der Waals surface area contributed by atoms with Crippen LogP contribution in [0.15, 0.2) is 0 Å². The van der Waals surface area contributed by atoms with Gasteiger partial charge in [0.25, 0.3) is 0 Å². The van der Waals surface area contributed by atoms with Crippen molar-refractivity contribution < 1.29 is 44.1 Å². The minimum absolute atomic E-state index is 0.663. The maximum absolute atomic E-state index is 12.1. The Morgan fingerprint density at radius 2 is 1.19 bits per heavy atom. The maximum atomic E-state index is 12.1. The number of aliphatic carboxylic acids is 3. The molecule has 0 radical (unpaired) electrons. The first-order valence-electron chi connectivity index (χ1n) is 7.68. The number of carbonyl (C=O) groups excluding carboxylic acids is 3. The number of carboxylic acid groups (broad SMARTS) is 3. The van der Waals surface area contributed by atoms with Gasteiger partial charge in [-0.3, -0.25) is 24.0 Å². The van der Waals surface area contributed by atoms with Crippen molar-refractivity contribution in [2.45, 2.75) is 50.9 Å². The molecule has 0 aromatic rings. The van der Waals surface area contributed by atoms with Crippen molar-refractivity contribution in [3.05, 3.63) is 0 Å². The Bertz CT molecular complexity index is 620. The largest absolute Gasteiger partial charge is 0.481 e. The number of nitrogens with two attached hydrogens (primary N) is 1. The number of carboxylic acids is 3. The van der Waals surface area contributed by atoms with Crippen molar-refractivity contribution in [2.24, 2.45) is 5.73 Å². The van der Waals surface area contributed by atoms with Crippen LogP contribution in [0.1, 0.15) is 26.7 Å². The fourth-order valence-electron chi connectivity index (χ4n) is 1.74. The average molecular weight is 390 g/mol. The highest BCUT2D eigenvalue weighted by atomic mass is 16.4. The normalized spacial score (nSPS) is 14.8. The van der Waals surface area contributed by atoms with Crippen LogP contribution in [0.25, 0.3) is 0 Å². The van der Waals surface area contributed by atoms with E-state index < -0.39 is 72.6 Å². The monoisotopic (exact) mass is 390 g/mol. The summed E-state index contributed by atoms with van der Waals surface area (Å²) in [7, 11) is 0. The molecule has 0 aliphatic rings. The maximum Gasteiger partial charge on any atom is 0.326 e. The Morgan fingerprint density at radius 3 is 1.59 bits per heavy atom. The molecule has 0 unspecified atom stereocenters. The lowest BCUT2D eigenvalue weighted by Crippen LogP contribution is -2.56. The molecule has 13 heteroatoms. The van der Waals surface area contributed by atoms with Crippen LogP contribution in [0, 0.1) is 0 Å². The van der Waals surface area contributed by atoms with Crippen LogP contribution in [0.5, 0.6) is 0 Å². The van der Waals surface area contributed by atoms with Crippen molar-refractivity contribution >= 4 is 35.6 Å². The van der Waals surface area contributed by atoms with E-state index in [0.717, 1.165) is 0 Å². The van der Waals surface area contributed by atoms with Gasteiger partial charge < -0.3 is 37.0 Å². The summed E-state index contributed by atoms with van der Waals surface area (Å²) < 4.78 is 0. The van der Waals surface area contributed by atoms with Crippen LogP contribution < -0.4 is 21.7 Å². The second kappa shape index (κ2) is 10.7. The minimum atomic E-state index is -1.82. The number of amides is 3. The van der Waals surface area contributed by atoms with Crippen LogP contribution in [0.2, 0.25) is 0 Å². The van der Waals surface area contributed by atoms with E-state index in [0.29, 0.717) is 0 Å². The van der Waals surface area contributed by atoms with Gasteiger partial charge in [-0.25, -0.2) is 4.79 Å². The molecule has 0 rings (SSSR count). The average Bonchev–Trinajstić information content (AvgIpc) is 2.51. The minimum Gasteiger partial charge on any atom is -0.481 e. The van der Waals surface area contributed by atoms with Crippen LogP contribution in [0.4, 0.5) is 0 Å². The SMILES string of the molecule is C[C@H](N)C(=O)N[C@@H](C)C(=O)N[C@@H](CC(=O)O)C(=O)N[C@@H](CC(=O)O)C(=O)O. The predicted molar refractivity (Wildman–Crippen MR) is 87.3 cm³/mol. The van der Waals surface area contributed by atoms with Gasteiger partial charge in [0.15, 0.2) is 0 Å². The zero-order chi connectivity index (χ0) is 21.3. The molecule has 0 fully saturated rings. The summed E-state index contributed by atoms with van der Waals surface area (Å²) in [6, 6.07) is -5.59. The third-order valence-electron chi connectivity index (χ3n) is 3.17. The molecule has 0 saturated heterocycles. The van der Waals surface area contributed by atoms with Crippen molar-refractivity contribution in [3.8, 4) is 0 Å². The molecule has 27 heavy (non-hydrogen) atoms. The Morgan fingerprint density at radius 1 is 0.741 bits per heavy atom. The molecule has 0 bridgehead atoms. The first-order valence-corrected chi connectivity index (χ1v) is 7.68. The fourth-order valence-corrected chi connectivity index (χ4v) is 1.74. The molecule has 8 N–H and O–H groups in total. The summed E-state index contributed by atoms with van der Waals surface area (Å²) in [5.74, 6) is -7.42. The van der Waals surface area contributed by atoms with Gasteiger partial charge in [-0.05, 0) is 13.8 Å². The molecule has 13 nitrogen and oxygen atoms in total. The van der Waals surface area contributed by atoms with Gasteiger partial charge in [0.05, 0.1) is 18.9 Å². The van der Waals surface area contributed by atoms with Gasteiger partial charge in [-0.1, -0.05) is 0 Å². The number of hydrogen-bond acceptors (Lipinski definition) is 7. The van der Waals surface area contributed by atoms with Gasteiger partial charge in [-0.15, -0.1) is 0 Å². The second-order valence-corrected chi connectivity index (χ2v) is 5.68. The van der Waals surface area contributed by atoms with Gasteiger partial charge in [0.2, 0.25) is 17.7 Å². The molecule has 0 heterocycles. The zero-order valence-corrected chi connectivity index (χ0v) is 14.6. The van der Waals surface area contributed by atoms with Crippen molar-refractivity contribution in [2.75, 3.05) is 0 Å². The summed E-state index contributed by atoms with van der Waals surface area (Å²) >= 11 is 0. The van der Waals surface area contributed by atoms with Crippen LogP contribution >= 0.6 is 0 Å². The van der Waals surface area contributed by atoms with Crippen molar-refractivity contribution in [1.82, 2.24) is 16.0 Å². The quantitative estimate of drug-likeness (QED) is 0.187.